The van der Waals surface area contributed by atoms with Crippen LogP contribution in [-0.4, -0.2) is 47.8 Å². The lowest BCUT2D eigenvalue weighted by Crippen LogP contribution is -2.48. The molecule has 1 heterocycles. The summed E-state index contributed by atoms with van der Waals surface area (Å²) in [5.74, 6) is 0.335. The van der Waals surface area contributed by atoms with Gasteiger partial charge in [-0.2, -0.15) is 0 Å². The van der Waals surface area contributed by atoms with E-state index in [1.807, 2.05) is 17.0 Å². The summed E-state index contributed by atoms with van der Waals surface area (Å²) >= 11 is 0. The molecule has 2 aliphatic rings. The van der Waals surface area contributed by atoms with Crippen molar-refractivity contribution in [1.82, 2.24) is 9.80 Å². The number of hydrogen-bond donors (Lipinski definition) is 1. The second-order valence-electron chi connectivity index (χ2n) is 6.69. The highest BCUT2D eigenvalue weighted by Gasteiger charge is 2.23. The first kappa shape index (κ1) is 16.7. The number of carbonyl (C=O) groups excluding carboxylic acids is 2. The Morgan fingerprint density at radius 3 is 2.38 bits per heavy atom. The molecule has 1 fully saturated rings. The minimum absolute atomic E-state index is 0.289. The number of piperazine rings is 1. The Kier molecular flexibility index (Phi) is 5.30. The average Bonchev–Trinajstić information content (AvgIpc) is 3.09. The number of benzene rings is 1. The minimum atomic E-state index is -0.397. The van der Waals surface area contributed by atoms with E-state index in [9.17, 15) is 9.59 Å². The quantitative estimate of drug-likeness (QED) is 0.839. The lowest BCUT2D eigenvalue weighted by Gasteiger charge is -2.35. The highest BCUT2D eigenvalue weighted by Crippen LogP contribution is 2.21. The fraction of sp³-hybridized carbons (Fsp3) is 0.474. The molecule has 2 N–H and O–H groups in total. The molecule has 1 atom stereocenters. The summed E-state index contributed by atoms with van der Waals surface area (Å²) in [6.45, 7) is 4.23. The highest BCUT2D eigenvalue weighted by atomic mass is 16.2. The highest BCUT2D eigenvalue weighted by molar-refractivity contribution is 5.92. The summed E-state index contributed by atoms with van der Waals surface area (Å²) in [7, 11) is 0. The van der Waals surface area contributed by atoms with Crippen molar-refractivity contribution in [2.24, 2.45) is 11.7 Å². The first-order valence-corrected chi connectivity index (χ1v) is 8.67. The van der Waals surface area contributed by atoms with Crippen molar-refractivity contribution < 1.29 is 9.59 Å². The smallest absolute Gasteiger partial charge is 0.248 e. The van der Waals surface area contributed by atoms with Gasteiger partial charge in [0, 0.05) is 44.7 Å². The monoisotopic (exact) mass is 327 g/mol. The summed E-state index contributed by atoms with van der Waals surface area (Å²) in [6.07, 6.45) is 7.25. The van der Waals surface area contributed by atoms with E-state index in [0.29, 0.717) is 17.9 Å². The van der Waals surface area contributed by atoms with Crippen LogP contribution in [0.3, 0.4) is 0 Å². The third-order valence-corrected chi connectivity index (χ3v) is 4.92. The van der Waals surface area contributed by atoms with E-state index < -0.39 is 5.91 Å². The number of carbonyl (C=O) groups is 2. The molecule has 2 amide bonds. The Morgan fingerprint density at radius 1 is 1.08 bits per heavy atom. The van der Waals surface area contributed by atoms with E-state index in [-0.39, 0.29) is 5.91 Å². The lowest BCUT2D eigenvalue weighted by atomic mass is 10.0. The number of amides is 2. The van der Waals surface area contributed by atoms with Gasteiger partial charge in [-0.05, 0) is 36.5 Å². The van der Waals surface area contributed by atoms with Crippen molar-refractivity contribution in [3.8, 4) is 0 Å². The van der Waals surface area contributed by atoms with Crippen LogP contribution in [-0.2, 0) is 11.3 Å². The maximum atomic E-state index is 12.4. The molecule has 1 aliphatic heterocycles. The Balaban J connectivity index is 1.45. The van der Waals surface area contributed by atoms with E-state index >= 15 is 0 Å². The van der Waals surface area contributed by atoms with Gasteiger partial charge in [0.25, 0.3) is 0 Å². The van der Waals surface area contributed by atoms with Crippen LogP contribution in [0.2, 0.25) is 0 Å². The zero-order valence-corrected chi connectivity index (χ0v) is 14.0. The van der Waals surface area contributed by atoms with Crippen molar-refractivity contribution in [1.29, 1.82) is 0 Å². The Labute approximate surface area is 143 Å². The predicted molar refractivity (Wildman–Crippen MR) is 93.3 cm³/mol. The molecule has 3 rings (SSSR count). The van der Waals surface area contributed by atoms with Gasteiger partial charge in [-0.15, -0.1) is 0 Å². The molecule has 1 saturated heterocycles. The van der Waals surface area contributed by atoms with Gasteiger partial charge in [0.2, 0.25) is 11.8 Å². The molecule has 0 radical (unpaired) electrons. The number of primary amides is 1. The molecule has 128 valence electrons. The zero-order valence-electron chi connectivity index (χ0n) is 14.0. The van der Waals surface area contributed by atoms with E-state index in [1.165, 1.54) is 0 Å². The molecule has 0 aromatic heterocycles. The third kappa shape index (κ3) is 4.23. The molecule has 1 aromatic carbocycles. The van der Waals surface area contributed by atoms with Crippen LogP contribution >= 0.6 is 0 Å². The molecule has 0 bridgehead atoms. The van der Waals surface area contributed by atoms with E-state index in [4.69, 9.17) is 5.73 Å². The van der Waals surface area contributed by atoms with Crippen LogP contribution in [0.25, 0.3) is 0 Å². The van der Waals surface area contributed by atoms with Gasteiger partial charge in [-0.3, -0.25) is 14.5 Å². The zero-order chi connectivity index (χ0) is 16.9. The Bertz CT molecular complexity index is 616. The fourth-order valence-corrected chi connectivity index (χ4v) is 3.41. The molecule has 0 saturated carbocycles. The molecule has 5 nitrogen and oxygen atoms in total. The van der Waals surface area contributed by atoms with E-state index in [2.05, 4.69) is 17.1 Å². The molecule has 5 heteroatoms. The largest absolute Gasteiger partial charge is 0.366 e. The van der Waals surface area contributed by atoms with Gasteiger partial charge in [0.1, 0.15) is 0 Å². The molecule has 24 heavy (non-hydrogen) atoms. The Hall–Kier alpha value is -2.14. The van der Waals surface area contributed by atoms with Gasteiger partial charge in [0.15, 0.2) is 0 Å². The second kappa shape index (κ2) is 7.62. The first-order valence-electron chi connectivity index (χ1n) is 8.67. The van der Waals surface area contributed by atoms with Gasteiger partial charge in [-0.1, -0.05) is 24.3 Å². The summed E-state index contributed by atoms with van der Waals surface area (Å²) < 4.78 is 0. The SMILES string of the molecule is NC(=O)c1ccc(CN2CCN(C(=O)CC3C=CCC3)CC2)cc1. The average molecular weight is 327 g/mol. The third-order valence-electron chi connectivity index (χ3n) is 4.92. The lowest BCUT2D eigenvalue weighted by molar-refractivity contribution is -0.133. The van der Waals surface area contributed by atoms with Crippen LogP contribution < -0.4 is 5.73 Å². The predicted octanol–water partition coefficient (Wildman–Crippen LogP) is 1.79. The summed E-state index contributed by atoms with van der Waals surface area (Å²) in [4.78, 5) is 27.8. The van der Waals surface area contributed by atoms with Gasteiger partial charge < -0.3 is 10.6 Å². The van der Waals surface area contributed by atoms with Crippen LogP contribution in [0.15, 0.2) is 36.4 Å². The molecule has 1 aromatic rings. The van der Waals surface area contributed by atoms with Crippen molar-refractivity contribution in [2.75, 3.05) is 26.2 Å². The number of nitrogens with zero attached hydrogens (tertiary/aromatic N) is 2. The van der Waals surface area contributed by atoms with Gasteiger partial charge in [0.05, 0.1) is 0 Å². The number of hydrogen-bond acceptors (Lipinski definition) is 3. The maximum absolute atomic E-state index is 12.4. The summed E-state index contributed by atoms with van der Waals surface area (Å²) in [6, 6.07) is 7.44. The number of allylic oxidation sites excluding steroid dienone is 2. The van der Waals surface area contributed by atoms with Crippen LogP contribution in [0, 0.1) is 5.92 Å². The van der Waals surface area contributed by atoms with Crippen molar-refractivity contribution >= 4 is 11.8 Å². The summed E-state index contributed by atoms with van der Waals surface area (Å²) in [5.41, 5.74) is 6.96. The van der Waals surface area contributed by atoms with Crippen LogP contribution in [0.1, 0.15) is 35.2 Å². The van der Waals surface area contributed by atoms with Crippen LogP contribution in [0.4, 0.5) is 0 Å². The maximum Gasteiger partial charge on any atom is 0.248 e. The van der Waals surface area contributed by atoms with E-state index in [0.717, 1.165) is 51.1 Å². The molecule has 0 spiro atoms. The summed E-state index contributed by atoms with van der Waals surface area (Å²) in [5, 5.41) is 0. The van der Waals surface area contributed by atoms with Gasteiger partial charge >= 0.3 is 0 Å². The fourth-order valence-electron chi connectivity index (χ4n) is 3.41. The van der Waals surface area contributed by atoms with Crippen LogP contribution in [0.5, 0.6) is 0 Å². The Morgan fingerprint density at radius 2 is 1.79 bits per heavy atom. The normalized spacial score (nSPS) is 21.2. The molecular weight excluding hydrogens is 302 g/mol. The standard InChI is InChI=1S/C19H25N3O2/c20-19(24)17-7-5-16(6-8-17)14-21-9-11-22(12-10-21)18(23)13-15-3-1-2-4-15/h1,3,5-8,15H,2,4,9-14H2,(H2,20,24). The van der Waals surface area contributed by atoms with E-state index in [1.54, 1.807) is 12.1 Å². The first-order chi connectivity index (χ1) is 11.6. The molecular formula is C19H25N3O2. The number of rotatable bonds is 5. The topological polar surface area (TPSA) is 66.6 Å². The second-order valence-corrected chi connectivity index (χ2v) is 6.69. The van der Waals surface area contributed by atoms with Gasteiger partial charge in [-0.25, -0.2) is 0 Å². The van der Waals surface area contributed by atoms with Crippen molar-refractivity contribution in [2.45, 2.75) is 25.8 Å². The van der Waals surface area contributed by atoms with Crippen molar-refractivity contribution in [3.05, 3.63) is 47.5 Å². The number of nitrogens with two attached hydrogens (primary N) is 1. The minimum Gasteiger partial charge on any atom is -0.366 e. The molecule has 1 aliphatic carbocycles. The molecule has 1 unspecified atom stereocenters. The van der Waals surface area contributed by atoms with Crippen molar-refractivity contribution in [3.63, 3.8) is 0 Å².